The predicted molar refractivity (Wildman–Crippen MR) is 64.4 cm³/mol. The van der Waals surface area contributed by atoms with Gasteiger partial charge in [0.2, 0.25) is 0 Å². The maximum Gasteiger partial charge on any atom is 0.0776 e. The number of ether oxygens (including phenoxy) is 1. The lowest BCUT2D eigenvalue weighted by Crippen LogP contribution is -2.37. The van der Waals surface area contributed by atoms with E-state index in [4.69, 9.17) is 4.74 Å². The van der Waals surface area contributed by atoms with Crippen molar-refractivity contribution in [1.29, 1.82) is 0 Å². The molecule has 2 rings (SSSR count). The van der Waals surface area contributed by atoms with Gasteiger partial charge in [0.15, 0.2) is 0 Å². The standard InChI is InChI=1S/C13H25NO2/c15-12(8-11-4-1-2-5-11)10-16-13-6-3-7-14-9-13/h11-15H,1-10H2/t12?,13-/m0/s1. The van der Waals surface area contributed by atoms with Crippen LogP contribution in [0.4, 0.5) is 0 Å². The number of piperidine rings is 1. The van der Waals surface area contributed by atoms with E-state index in [0.29, 0.717) is 12.7 Å². The van der Waals surface area contributed by atoms with Crippen LogP contribution in [0.5, 0.6) is 0 Å². The molecule has 0 aromatic carbocycles. The van der Waals surface area contributed by atoms with Crippen LogP contribution in [-0.2, 0) is 4.74 Å². The van der Waals surface area contributed by atoms with Crippen LogP contribution in [0.15, 0.2) is 0 Å². The molecule has 1 unspecified atom stereocenters. The molecular weight excluding hydrogens is 202 g/mol. The number of rotatable bonds is 5. The summed E-state index contributed by atoms with van der Waals surface area (Å²) in [7, 11) is 0. The van der Waals surface area contributed by atoms with Crippen LogP contribution in [0.1, 0.15) is 44.9 Å². The summed E-state index contributed by atoms with van der Waals surface area (Å²) < 4.78 is 5.74. The highest BCUT2D eigenvalue weighted by Gasteiger charge is 2.20. The van der Waals surface area contributed by atoms with Crippen LogP contribution in [0.25, 0.3) is 0 Å². The molecule has 3 nitrogen and oxygen atoms in total. The summed E-state index contributed by atoms with van der Waals surface area (Å²) >= 11 is 0. The third kappa shape index (κ3) is 4.04. The zero-order valence-corrected chi connectivity index (χ0v) is 10.2. The maximum absolute atomic E-state index is 9.89. The van der Waals surface area contributed by atoms with Gasteiger partial charge in [0, 0.05) is 6.54 Å². The Hall–Kier alpha value is -0.120. The fourth-order valence-corrected chi connectivity index (χ4v) is 2.91. The molecule has 2 aliphatic rings. The monoisotopic (exact) mass is 227 g/mol. The maximum atomic E-state index is 9.89. The van der Waals surface area contributed by atoms with Gasteiger partial charge >= 0.3 is 0 Å². The van der Waals surface area contributed by atoms with Gasteiger partial charge in [-0.05, 0) is 31.7 Å². The molecule has 94 valence electrons. The van der Waals surface area contributed by atoms with E-state index in [-0.39, 0.29) is 6.10 Å². The molecule has 3 heteroatoms. The topological polar surface area (TPSA) is 41.5 Å². The van der Waals surface area contributed by atoms with Crippen molar-refractivity contribution in [2.24, 2.45) is 5.92 Å². The Labute approximate surface area is 98.6 Å². The second-order valence-corrected chi connectivity index (χ2v) is 5.34. The van der Waals surface area contributed by atoms with Gasteiger partial charge in [-0.1, -0.05) is 25.7 Å². The Balaban J connectivity index is 1.57. The fraction of sp³-hybridized carbons (Fsp3) is 1.00. The fourth-order valence-electron chi connectivity index (χ4n) is 2.91. The highest BCUT2D eigenvalue weighted by molar-refractivity contribution is 4.73. The molecule has 16 heavy (non-hydrogen) atoms. The SMILES string of the molecule is OC(CO[C@H]1CCCNC1)CC1CCCC1. The molecule has 0 amide bonds. The highest BCUT2D eigenvalue weighted by Crippen LogP contribution is 2.28. The first kappa shape index (κ1) is 12.3. The normalized spacial score (nSPS) is 29.4. The largest absolute Gasteiger partial charge is 0.391 e. The molecule has 1 aliphatic carbocycles. The van der Waals surface area contributed by atoms with Crippen LogP contribution < -0.4 is 5.32 Å². The first-order valence-corrected chi connectivity index (χ1v) is 6.85. The number of nitrogens with one attached hydrogen (secondary N) is 1. The van der Waals surface area contributed by atoms with Crippen molar-refractivity contribution in [2.75, 3.05) is 19.7 Å². The zero-order valence-electron chi connectivity index (χ0n) is 10.2. The van der Waals surface area contributed by atoms with Crippen molar-refractivity contribution in [1.82, 2.24) is 5.32 Å². The van der Waals surface area contributed by atoms with Crippen molar-refractivity contribution in [3.63, 3.8) is 0 Å². The zero-order chi connectivity index (χ0) is 11.2. The number of hydrogen-bond donors (Lipinski definition) is 2. The van der Waals surface area contributed by atoms with Gasteiger partial charge in [0.1, 0.15) is 0 Å². The van der Waals surface area contributed by atoms with Crippen LogP contribution in [-0.4, -0.2) is 37.0 Å². The van der Waals surface area contributed by atoms with E-state index in [1.54, 1.807) is 0 Å². The Morgan fingerprint density at radius 2 is 2.00 bits per heavy atom. The Morgan fingerprint density at radius 1 is 1.19 bits per heavy atom. The van der Waals surface area contributed by atoms with E-state index in [2.05, 4.69) is 5.32 Å². The molecule has 2 fully saturated rings. The van der Waals surface area contributed by atoms with E-state index in [9.17, 15) is 5.11 Å². The molecule has 1 saturated heterocycles. The first-order valence-electron chi connectivity index (χ1n) is 6.85. The van der Waals surface area contributed by atoms with Crippen LogP contribution in [0.2, 0.25) is 0 Å². The van der Waals surface area contributed by atoms with Crippen molar-refractivity contribution in [3.05, 3.63) is 0 Å². The molecule has 1 heterocycles. The predicted octanol–water partition coefficient (Wildman–Crippen LogP) is 1.70. The molecule has 0 aromatic heterocycles. The van der Waals surface area contributed by atoms with E-state index in [0.717, 1.165) is 31.8 Å². The van der Waals surface area contributed by atoms with Crippen molar-refractivity contribution in [2.45, 2.75) is 57.2 Å². The van der Waals surface area contributed by atoms with Gasteiger partial charge in [0.05, 0.1) is 18.8 Å². The summed E-state index contributed by atoms with van der Waals surface area (Å²) in [6.07, 6.45) is 8.68. The van der Waals surface area contributed by atoms with Gasteiger partial charge in [-0.25, -0.2) is 0 Å². The summed E-state index contributed by atoms with van der Waals surface area (Å²) in [6, 6.07) is 0. The second-order valence-electron chi connectivity index (χ2n) is 5.34. The minimum absolute atomic E-state index is 0.245. The lowest BCUT2D eigenvalue weighted by Gasteiger charge is -2.25. The molecule has 0 radical (unpaired) electrons. The van der Waals surface area contributed by atoms with E-state index >= 15 is 0 Å². The Kier molecular flexibility index (Phi) is 5.07. The number of aliphatic hydroxyl groups is 1. The number of aliphatic hydroxyl groups excluding tert-OH is 1. The van der Waals surface area contributed by atoms with Crippen molar-refractivity contribution < 1.29 is 9.84 Å². The van der Waals surface area contributed by atoms with Gasteiger partial charge < -0.3 is 15.2 Å². The first-order chi connectivity index (χ1) is 7.84. The van der Waals surface area contributed by atoms with Gasteiger partial charge in [-0.3, -0.25) is 0 Å². The number of hydrogen-bond acceptors (Lipinski definition) is 3. The lowest BCUT2D eigenvalue weighted by atomic mass is 10.0. The summed E-state index contributed by atoms with van der Waals surface area (Å²) in [5, 5.41) is 13.2. The summed E-state index contributed by atoms with van der Waals surface area (Å²) in [5.41, 5.74) is 0. The Bertz CT molecular complexity index is 186. The molecule has 0 aromatic rings. The van der Waals surface area contributed by atoms with E-state index < -0.39 is 0 Å². The van der Waals surface area contributed by atoms with Crippen LogP contribution in [0, 0.1) is 5.92 Å². The Morgan fingerprint density at radius 3 is 2.69 bits per heavy atom. The van der Waals surface area contributed by atoms with Gasteiger partial charge in [-0.15, -0.1) is 0 Å². The average molecular weight is 227 g/mol. The quantitative estimate of drug-likeness (QED) is 0.751. The molecule has 2 N–H and O–H groups in total. The summed E-state index contributed by atoms with van der Waals surface area (Å²) in [4.78, 5) is 0. The summed E-state index contributed by atoms with van der Waals surface area (Å²) in [5.74, 6) is 0.753. The third-order valence-corrected chi connectivity index (χ3v) is 3.86. The smallest absolute Gasteiger partial charge is 0.0776 e. The van der Waals surface area contributed by atoms with Crippen LogP contribution >= 0.6 is 0 Å². The van der Waals surface area contributed by atoms with Crippen LogP contribution in [0.3, 0.4) is 0 Å². The van der Waals surface area contributed by atoms with Crippen molar-refractivity contribution >= 4 is 0 Å². The average Bonchev–Trinajstić information content (AvgIpc) is 2.81. The second kappa shape index (κ2) is 6.58. The lowest BCUT2D eigenvalue weighted by molar-refractivity contribution is -0.0248. The molecule has 0 spiro atoms. The van der Waals surface area contributed by atoms with E-state index in [1.165, 1.54) is 32.1 Å². The molecule has 1 aliphatic heterocycles. The molecule has 2 atom stereocenters. The van der Waals surface area contributed by atoms with Crippen molar-refractivity contribution in [3.8, 4) is 0 Å². The third-order valence-electron chi connectivity index (χ3n) is 3.86. The molecule has 0 bridgehead atoms. The van der Waals surface area contributed by atoms with Gasteiger partial charge in [0.25, 0.3) is 0 Å². The van der Waals surface area contributed by atoms with E-state index in [1.807, 2.05) is 0 Å². The summed E-state index contributed by atoms with van der Waals surface area (Å²) in [6.45, 7) is 2.60. The molecular formula is C13H25NO2. The minimum Gasteiger partial charge on any atom is -0.391 e. The highest BCUT2D eigenvalue weighted by atomic mass is 16.5. The molecule has 1 saturated carbocycles. The minimum atomic E-state index is -0.245. The van der Waals surface area contributed by atoms with Gasteiger partial charge in [-0.2, -0.15) is 0 Å².